The molecule has 0 bridgehead atoms. The van der Waals surface area contributed by atoms with Crippen LogP contribution in [-0.4, -0.2) is 49.0 Å². The molecular weight excluding hydrogens is 326 g/mol. The molecular formula is C11H10F2N2O4S2. The molecule has 0 amide bonds. The van der Waals surface area contributed by atoms with Gasteiger partial charge in [-0.15, -0.1) is 6.42 Å². The first kappa shape index (κ1) is 16.2. The molecule has 0 radical (unpaired) electrons. The van der Waals surface area contributed by atoms with E-state index in [1.165, 1.54) is 0 Å². The van der Waals surface area contributed by atoms with Gasteiger partial charge in [-0.25, -0.2) is 8.78 Å². The number of nitrogens with one attached hydrogen (secondary N) is 1. The molecule has 6 nitrogen and oxygen atoms in total. The molecule has 0 aliphatic carbocycles. The van der Waals surface area contributed by atoms with E-state index >= 15 is 0 Å². The van der Waals surface area contributed by atoms with Crippen molar-refractivity contribution in [2.45, 2.75) is 23.8 Å². The van der Waals surface area contributed by atoms with Gasteiger partial charge in [-0.2, -0.15) is 0 Å². The highest BCUT2D eigenvalue weighted by Gasteiger charge is 2.64. The van der Waals surface area contributed by atoms with Gasteiger partial charge in [0, 0.05) is 6.20 Å². The van der Waals surface area contributed by atoms with Crippen LogP contribution in [0.15, 0.2) is 6.20 Å². The summed E-state index contributed by atoms with van der Waals surface area (Å²) in [4.78, 5) is 2.30. The number of alkyl halides is 1. The van der Waals surface area contributed by atoms with E-state index in [1.54, 1.807) is 5.92 Å². The summed E-state index contributed by atoms with van der Waals surface area (Å²) >= 11 is 9.52. The number of terminal acetylenes is 1. The monoisotopic (exact) mass is 336 g/mol. The maximum absolute atomic E-state index is 14.2. The zero-order valence-electron chi connectivity index (χ0n) is 10.3. The Kier molecular flexibility index (Phi) is 4.00. The molecule has 1 aromatic heterocycles. The summed E-state index contributed by atoms with van der Waals surface area (Å²) in [6.07, 6.45) is 1.85. The molecule has 0 saturated carbocycles. The first-order valence-corrected chi connectivity index (χ1v) is 6.38. The molecule has 1 saturated heterocycles. The van der Waals surface area contributed by atoms with Crippen molar-refractivity contribution in [1.82, 2.24) is 9.55 Å². The Morgan fingerprint density at radius 1 is 1.57 bits per heavy atom. The first-order valence-electron chi connectivity index (χ1n) is 5.56. The lowest BCUT2D eigenvalue weighted by atomic mass is 9.94. The second-order valence-electron chi connectivity index (χ2n) is 4.43. The molecule has 4 N–H and O–H groups in total. The van der Waals surface area contributed by atoms with Gasteiger partial charge in [0.05, 0.1) is 0 Å². The van der Waals surface area contributed by atoms with Gasteiger partial charge in [-0.05, 0) is 12.2 Å². The van der Waals surface area contributed by atoms with Crippen molar-refractivity contribution in [3.05, 3.63) is 21.4 Å². The number of aromatic amines is 1. The van der Waals surface area contributed by atoms with Gasteiger partial charge in [0.25, 0.3) is 5.85 Å². The SMILES string of the molecule is C#CC1(O)C(n2cc(F)c(=S)[nH]c2=S)OC(F)(CO)C1O. The largest absolute Gasteiger partial charge is 0.390 e. The van der Waals surface area contributed by atoms with Crippen molar-refractivity contribution in [2.24, 2.45) is 0 Å². The third-order valence-corrected chi connectivity index (χ3v) is 3.74. The molecule has 1 aromatic rings. The van der Waals surface area contributed by atoms with Crippen LogP contribution >= 0.6 is 24.4 Å². The van der Waals surface area contributed by atoms with E-state index in [4.69, 9.17) is 28.5 Å². The highest BCUT2D eigenvalue weighted by atomic mass is 32.1. The maximum atomic E-state index is 14.2. The summed E-state index contributed by atoms with van der Waals surface area (Å²) in [6.45, 7) is -1.27. The maximum Gasteiger partial charge on any atom is 0.264 e. The summed E-state index contributed by atoms with van der Waals surface area (Å²) in [5, 5.41) is 29.0. The van der Waals surface area contributed by atoms with Crippen LogP contribution in [0.2, 0.25) is 0 Å². The molecule has 2 heterocycles. The Balaban J connectivity index is 2.64. The van der Waals surface area contributed by atoms with E-state index < -0.39 is 36.2 Å². The van der Waals surface area contributed by atoms with Crippen molar-refractivity contribution in [1.29, 1.82) is 0 Å². The minimum absolute atomic E-state index is 0.213. The molecule has 2 rings (SSSR count). The standard InChI is InChI=1S/C11H10F2N2O4S2/c1-2-10(18)7(17)11(13,4-16)19-8(10)15-3-5(12)6(20)14-9(15)21/h1,3,7-8,16-18H,4H2,(H,14,20,21). The summed E-state index contributed by atoms with van der Waals surface area (Å²) in [7, 11) is 0. The topological polar surface area (TPSA) is 90.6 Å². The Morgan fingerprint density at radius 3 is 2.71 bits per heavy atom. The van der Waals surface area contributed by atoms with Crippen molar-refractivity contribution >= 4 is 24.4 Å². The summed E-state index contributed by atoms with van der Waals surface area (Å²) in [5.74, 6) is -2.15. The van der Waals surface area contributed by atoms with Crippen LogP contribution in [0, 0.1) is 27.6 Å². The number of H-pyrrole nitrogens is 1. The normalized spacial score (nSPS) is 35.6. The number of aromatic nitrogens is 2. The number of hydrogen-bond donors (Lipinski definition) is 4. The van der Waals surface area contributed by atoms with Crippen LogP contribution in [0.25, 0.3) is 0 Å². The molecule has 1 aliphatic rings. The van der Waals surface area contributed by atoms with E-state index in [9.17, 15) is 19.0 Å². The molecule has 4 unspecified atom stereocenters. The van der Waals surface area contributed by atoms with Gasteiger partial charge < -0.3 is 25.0 Å². The summed E-state index contributed by atoms with van der Waals surface area (Å²) < 4.78 is 32.8. The average Bonchev–Trinajstić information content (AvgIpc) is 2.66. The smallest absolute Gasteiger partial charge is 0.264 e. The van der Waals surface area contributed by atoms with Gasteiger partial charge in [-0.1, -0.05) is 18.1 Å². The van der Waals surface area contributed by atoms with Gasteiger partial charge in [-0.3, -0.25) is 4.57 Å². The molecule has 21 heavy (non-hydrogen) atoms. The van der Waals surface area contributed by atoms with Crippen LogP contribution in [0.1, 0.15) is 6.23 Å². The number of aliphatic hydroxyl groups is 3. The zero-order valence-corrected chi connectivity index (χ0v) is 11.9. The van der Waals surface area contributed by atoms with Crippen LogP contribution < -0.4 is 0 Å². The molecule has 1 aliphatic heterocycles. The van der Waals surface area contributed by atoms with Gasteiger partial charge in [0.1, 0.15) is 11.2 Å². The molecule has 1 fully saturated rings. The van der Waals surface area contributed by atoms with Gasteiger partial charge in [0.15, 0.2) is 22.9 Å². The second-order valence-corrected chi connectivity index (χ2v) is 5.23. The lowest BCUT2D eigenvalue weighted by Gasteiger charge is -2.26. The van der Waals surface area contributed by atoms with Crippen LogP contribution in [0.4, 0.5) is 8.78 Å². The van der Waals surface area contributed by atoms with Crippen molar-refractivity contribution in [2.75, 3.05) is 6.61 Å². The molecule has 4 atom stereocenters. The Morgan fingerprint density at radius 2 is 2.19 bits per heavy atom. The van der Waals surface area contributed by atoms with Gasteiger partial charge >= 0.3 is 0 Å². The quantitative estimate of drug-likeness (QED) is 0.460. The Bertz CT molecular complexity index is 730. The minimum Gasteiger partial charge on any atom is -0.390 e. The van der Waals surface area contributed by atoms with E-state index in [2.05, 4.69) is 17.2 Å². The number of halogens is 2. The van der Waals surface area contributed by atoms with E-state index in [0.717, 1.165) is 10.8 Å². The van der Waals surface area contributed by atoms with Crippen molar-refractivity contribution in [3.8, 4) is 12.3 Å². The lowest BCUT2D eigenvalue weighted by molar-refractivity contribution is -0.207. The van der Waals surface area contributed by atoms with Crippen LogP contribution in [-0.2, 0) is 4.74 Å². The number of hydrogen-bond acceptors (Lipinski definition) is 6. The van der Waals surface area contributed by atoms with Crippen LogP contribution in [0.3, 0.4) is 0 Å². The van der Waals surface area contributed by atoms with Crippen LogP contribution in [0.5, 0.6) is 0 Å². The number of rotatable bonds is 2. The fraction of sp³-hybridized carbons (Fsp3) is 0.455. The molecule has 0 aromatic carbocycles. The predicted octanol–water partition coefficient (Wildman–Crippen LogP) is 0.326. The number of ether oxygens (including phenoxy) is 1. The average molecular weight is 336 g/mol. The summed E-state index contributed by atoms with van der Waals surface area (Å²) in [6, 6.07) is 0. The van der Waals surface area contributed by atoms with Crippen molar-refractivity contribution < 1.29 is 28.8 Å². The fourth-order valence-corrected chi connectivity index (χ4v) is 2.45. The molecule has 0 spiro atoms. The summed E-state index contributed by atoms with van der Waals surface area (Å²) in [5.41, 5.74) is -2.57. The number of nitrogens with zero attached hydrogens (tertiary/aromatic N) is 1. The Hall–Kier alpha value is -1.22. The lowest BCUT2D eigenvalue weighted by Crippen LogP contribution is -2.50. The molecule has 114 valence electrons. The Labute approximate surface area is 127 Å². The third-order valence-electron chi connectivity index (χ3n) is 3.13. The second kappa shape index (κ2) is 5.20. The van der Waals surface area contributed by atoms with E-state index in [-0.39, 0.29) is 9.41 Å². The third kappa shape index (κ3) is 2.32. The zero-order chi connectivity index (χ0) is 16.0. The number of aliphatic hydroxyl groups excluding tert-OH is 2. The molecule has 10 heteroatoms. The predicted molar refractivity (Wildman–Crippen MR) is 71.2 cm³/mol. The van der Waals surface area contributed by atoms with Crippen molar-refractivity contribution in [3.63, 3.8) is 0 Å². The van der Waals surface area contributed by atoms with E-state index in [0.29, 0.717) is 0 Å². The van der Waals surface area contributed by atoms with Gasteiger partial charge in [0.2, 0.25) is 5.60 Å². The minimum atomic E-state index is -3.02. The first-order chi connectivity index (χ1) is 9.69. The fourth-order valence-electron chi connectivity index (χ4n) is 1.98. The highest BCUT2D eigenvalue weighted by Crippen LogP contribution is 2.44. The van der Waals surface area contributed by atoms with E-state index in [1.807, 2.05) is 0 Å². The highest BCUT2D eigenvalue weighted by molar-refractivity contribution is 7.72.